The number of nitrogens with zero attached hydrogens (tertiary/aromatic N) is 2. The molecule has 0 atom stereocenters. The zero-order valence-electron chi connectivity index (χ0n) is 9.98. The van der Waals surface area contributed by atoms with Crippen LogP contribution in [0.15, 0.2) is 53.6 Å². The number of hydrazone groups is 1. The van der Waals surface area contributed by atoms with Crippen LogP contribution in [0.1, 0.15) is 11.1 Å². The molecule has 0 aromatic heterocycles. The summed E-state index contributed by atoms with van der Waals surface area (Å²) in [7, 11) is 0. The van der Waals surface area contributed by atoms with E-state index in [0.29, 0.717) is 17.0 Å². The fraction of sp³-hybridized carbons (Fsp3) is 0. The topological polar surface area (TPSA) is 108 Å². The number of nitrogens with two attached hydrogens (primary N) is 2. The minimum atomic E-state index is -0.484. The van der Waals surface area contributed by atoms with Gasteiger partial charge in [-0.25, -0.2) is 0 Å². The highest BCUT2D eigenvalue weighted by Gasteiger charge is 2.15. The summed E-state index contributed by atoms with van der Waals surface area (Å²) in [5.74, 6) is 5.39. The lowest BCUT2D eigenvalue weighted by Gasteiger charge is -2.08. The average molecular weight is 256 g/mol. The normalized spacial score (nSPS) is 11.3. The number of nitro groups is 1. The van der Waals surface area contributed by atoms with Gasteiger partial charge < -0.3 is 11.6 Å². The molecule has 6 heteroatoms. The Hall–Kier alpha value is -2.89. The average Bonchev–Trinajstić information content (AvgIpc) is 2.42. The fourth-order valence-electron chi connectivity index (χ4n) is 1.76. The molecule has 0 heterocycles. The quantitative estimate of drug-likeness (QED) is 0.287. The van der Waals surface area contributed by atoms with Gasteiger partial charge in [-0.1, -0.05) is 30.3 Å². The molecule has 0 saturated carbocycles. The highest BCUT2D eigenvalue weighted by Crippen LogP contribution is 2.22. The van der Waals surface area contributed by atoms with Crippen molar-refractivity contribution in [3.63, 3.8) is 0 Å². The van der Waals surface area contributed by atoms with E-state index in [1.165, 1.54) is 18.2 Å². The first-order chi connectivity index (χ1) is 9.13. The van der Waals surface area contributed by atoms with Gasteiger partial charge >= 0.3 is 0 Å². The molecular formula is C13H12N4O2. The Labute approximate surface area is 109 Å². The lowest BCUT2D eigenvalue weighted by atomic mass is 10.0. The number of nitro benzene ring substituents is 1. The highest BCUT2D eigenvalue weighted by molar-refractivity contribution is 6.15. The van der Waals surface area contributed by atoms with Crippen LogP contribution in [-0.4, -0.2) is 10.6 Å². The summed E-state index contributed by atoms with van der Waals surface area (Å²) in [5.41, 5.74) is 7.79. The number of non-ortho nitro benzene ring substituents is 1. The van der Waals surface area contributed by atoms with E-state index in [1.807, 2.05) is 30.3 Å². The number of hydrogen-bond donors (Lipinski definition) is 2. The van der Waals surface area contributed by atoms with Crippen molar-refractivity contribution in [3.8, 4) is 0 Å². The molecule has 0 fully saturated rings. The van der Waals surface area contributed by atoms with Crippen LogP contribution in [0.4, 0.5) is 11.4 Å². The van der Waals surface area contributed by atoms with Crippen molar-refractivity contribution in [2.45, 2.75) is 0 Å². The third-order valence-corrected chi connectivity index (χ3v) is 2.68. The minimum absolute atomic E-state index is 0.0544. The Bertz CT molecular complexity index is 638. The summed E-state index contributed by atoms with van der Waals surface area (Å²) in [5, 5.41) is 14.5. The van der Waals surface area contributed by atoms with Crippen LogP contribution in [-0.2, 0) is 0 Å². The first-order valence-corrected chi connectivity index (χ1v) is 5.51. The highest BCUT2D eigenvalue weighted by atomic mass is 16.6. The molecule has 2 rings (SSSR count). The summed E-state index contributed by atoms with van der Waals surface area (Å²) in [4.78, 5) is 10.3. The van der Waals surface area contributed by atoms with E-state index in [0.717, 1.165) is 5.56 Å². The summed E-state index contributed by atoms with van der Waals surface area (Å²) in [6.45, 7) is 0. The number of rotatable bonds is 3. The predicted molar refractivity (Wildman–Crippen MR) is 73.8 cm³/mol. The lowest BCUT2D eigenvalue weighted by molar-refractivity contribution is -0.384. The molecule has 0 amide bonds. The van der Waals surface area contributed by atoms with E-state index in [4.69, 9.17) is 11.6 Å². The van der Waals surface area contributed by atoms with Gasteiger partial charge in [-0.05, 0) is 6.07 Å². The van der Waals surface area contributed by atoms with Crippen molar-refractivity contribution in [1.29, 1.82) is 0 Å². The molecule has 0 radical (unpaired) electrons. The molecule has 0 aliphatic heterocycles. The molecule has 6 nitrogen and oxygen atoms in total. The molecule has 2 aromatic carbocycles. The van der Waals surface area contributed by atoms with Gasteiger partial charge in [0, 0.05) is 28.9 Å². The molecule has 0 unspecified atom stereocenters. The van der Waals surface area contributed by atoms with Gasteiger partial charge in [-0.2, -0.15) is 5.10 Å². The smallest absolute Gasteiger partial charge is 0.270 e. The van der Waals surface area contributed by atoms with Gasteiger partial charge in [0.1, 0.15) is 0 Å². The van der Waals surface area contributed by atoms with E-state index in [2.05, 4.69) is 5.10 Å². The predicted octanol–water partition coefficient (Wildman–Crippen LogP) is 1.89. The first kappa shape index (κ1) is 12.6. The number of benzene rings is 2. The minimum Gasteiger partial charge on any atom is -0.398 e. The molecule has 0 saturated heterocycles. The first-order valence-electron chi connectivity index (χ1n) is 5.51. The van der Waals surface area contributed by atoms with Crippen molar-refractivity contribution in [1.82, 2.24) is 0 Å². The van der Waals surface area contributed by atoms with Crippen molar-refractivity contribution >= 4 is 17.1 Å². The summed E-state index contributed by atoms with van der Waals surface area (Å²) in [6.07, 6.45) is 0. The van der Waals surface area contributed by atoms with Gasteiger partial charge in [0.15, 0.2) is 0 Å². The Morgan fingerprint density at radius 2 is 1.84 bits per heavy atom. The Kier molecular flexibility index (Phi) is 3.42. The maximum absolute atomic E-state index is 10.8. The standard InChI is InChI=1S/C13H12N4O2/c14-12-7-6-10(17(18)19)8-11(12)13(16-15)9-4-2-1-3-5-9/h1-8H,14-15H2/b16-13+. The van der Waals surface area contributed by atoms with Crippen LogP contribution in [0.5, 0.6) is 0 Å². The summed E-state index contributed by atoms with van der Waals surface area (Å²) in [6, 6.07) is 13.3. The maximum atomic E-state index is 10.8. The van der Waals surface area contributed by atoms with E-state index in [1.54, 1.807) is 0 Å². The van der Waals surface area contributed by atoms with E-state index in [9.17, 15) is 10.1 Å². The van der Waals surface area contributed by atoms with Crippen LogP contribution >= 0.6 is 0 Å². The van der Waals surface area contributed by atoms with E-state index in [-0.39, 0.29) is 5.69 Å². The van der Waals surface area contributed by atoms with Gasteiger partial charge in [0.05, 0.1) is 10.6 Å². The van der Waals surface area contributed by atoms with Crippen molar-refractivity contribution < 1.29 is 4.92 Å². The molecule has 19 heavy (non-hydrogen) atoms. The second-order valence-electron chi connectivity index (χ2n) is 3.87. The second-order valence-corrected chi connectivity index (χ2v) is 3.87. The van der Waals surface area contributed by atoms with Crippen molar-refractivity contribution in [2.24, 2.45) is 10.9 Å². The van der Waals surface area contributed by atoms with Crippen LogP contribution in [0, 0.1) is 10.1 Å². The fourth-order valence-corrected chi connectivity index (χ4v) is 1.76. The Balaban J connectivity index is 2.56. The Morgan fingerprint density at radius 1 is 1.16 bits per heavy atom. The molecular weight excluding hydrogens is 244 g/mol. The number of hydrogen-bond acceptors (Lipinski definition) is 5. The second kappa shape index (κ2) is 5.18. The van der Waals surface area contributed by atoms with Gasteiger partial charge in [-0.15, -0.1) is 0 Å². The lowest BCUT2D eigenvalue weighted by Crippen LogP contribution is -2.09. The van der Waals surface area contributed by atoms with Crippen molar-refractivity contribution in [3.05, 3.63) is 69.8 Å². The summed E-state index contributed by atoms with van der Waals surface area (Å²) < 4.78 is 0. The largest absolute Gasteiger partial charge is 0.398 e. The number of anilines is 1. The molecule has 2 aromatic rings. The number of nitrogen functional groups attached to an aromatic ring is 1. The molecule has 0 spiro atoms. The third-order valence-electron chi connectivity index (χ3n) is 2.68. The monoisotopic (exact) mass is 256 g/mol. The van der Waals surface area contributed by atoms with Gasteiger partial charge in [-0.3, -0.25) is 10.1 Å². The zero-order valence-corrected chi connectivity index (χ0v) is 9.98. The van der Waals surface area contributed by atoms with Crippen LogP contribution in [0.3, 0.4) is 0 Å². The zero-order chi connectivity index (χ0) is 13.8. The Morgan fingerprint density at radius 3 is 2.42 bits per heavy atom. The molecule has 0 aliphatic carbocycles. The van der Waals surface area contributed by atoms with Crippen LogP contribution in [0.25, 0.3) is 0 Å². The molecule has 0 aliphatic rings. The van der Waals surface area contributed by atoms with Crippen LogP contribution in [0.2, 0.25) is 0 Å². The van der Waals surface area contributed by atoms with E-state index >= 15 is 0 Å². The SMILES string of the molecule is N/N=C(\c1ccccc1)c1cc([N+](=O)[O-])ccc1N. The van der Waals surface area contributed by atoms with Crippen molar-refractivity contribution in [2.75, 3.05) is 5.73 Å². The molecule has 0 bridgehead atoms. The molecule has 4 N–H and O–H groups in total. The third kappa shape index (κ3) is 2.52. The molecule has 96 valence electrons. The van der Waals surface area contributed by atoms with Gasteiger partial charge in [0.25, 0.3) is 5.69 Å². The van der Waals surface area contributed by atoms with Crippen LogP contribution < -0.4 is 11.6 Å². The van der Waals surface area contributed by atoms with Gasteiger partial charge in [0.2, 0.25) is 0 Å². The van der Waals surface area contributed by atoms with E-state index < -0.39 is 4.92 Å². The summed E-state index contributed by atoms with van der Waals surface area (Å²) >= 11 is 0. The maximum Gasteiger partial charge on any atom is 0.270 e.